The van der Waals surface area contributed by atoms with E-state index in [4.69, 9.17) is 21.1 Å². The lowest BCUT2D eigenvalue weighted by Gasteiger charge is -2.15. The summed E-state index contributed by atoms with van der Waals surface area (Å²) in [5.74, 6) is 0.599. The summed E-state index contributed by atoms with van der Waals surface area (Å²) >= 11 is 11.7. The highest BCUT2D eigenvalue weighted by atomic mass is 127. The van der Waals surface area contributed by atoms with Crippen molar-refractivity contribution >= 4 is 67.8 Å². The first-order valence-corrected chi connectivity index (χ1v) is 12.2. The Bertz CT molecular complexity index is 1240. The molecule has 0 spiro atoms. The maximum atomic E-state index is 12.6. The number of nitriles is 1. The van der Waals surface area contributed by atoms with Crippen LogP contribution in [-0.4, -0.2) is 12.5 Å². The quantitative estimate of drug-likeness (QED) is 0.161. The van der Waals surface area contributed by atoms with Crippen LogP contribution in [0.4, 0.5) is 5.69 Å². The van der Waals surface area contributed by atoms with E-state index in [2.05, 4.69) is 43.8 Å². The summed E-state index contributed by atoms with van der Waals surface area (Å²) in [6, 6.07) is 20.2. The highest BCUT2D eigenvalue weighted by molar-refractivity contribution is 14.1. The molecule has 8 heteroatoms. The Morgan fingerprint density at radius 1 is 1.18 bits per heavy atom. The number of nitrogens with one attached hydrogen (secondary N) is 1. The summed E-state index contributed by atoms with van der Waals surface area (Å²) in [6.45, 7) is 2.59. The lowest BCUT2D eigenvalue weighted by atomic mass is 10.1. The van der Waals surface area contributed by atoms with E-state index >= 15 is 0 Å². The number of benzene rings is 3. The predicted molar refractivity (Wildman–Crippen MR) is 142 cm³/mol. The number of ether oxygens (including phenoxy) is 2. The van der Waals surface area contributed by atoms with Crippen molar-refractivity contribution in [3.63, 3.8) is 0 Å². The third-order valence-electron chi connectivity index (χ3n) is 4.42. The number of hydrogen-bond acceptors (Lipinski definition) is 4. The van der Waals surface area contributed by atoms with Crippen molar-refractivity contribution in [2.75, 3.05) is 11.9 Å². The minimum Gasteiger partial charge on any atom is -0.490 e. The largest absolute Gasteiger partial charge is 0.490 e. The molecule has 0 aliphatic carbocycles. The SMILES string of the molecule is CCOc1cc(/C=C(/C#N)C(=O)Nc2cccc(Br)c2)cc(I)c1OCc1ccccc1Cl. The highest BCUT2D eigenvalue weighted by Crippen LogP contribution is 2.36. The minimum atomic E-state index is -0.498. The van der Waals surface area contributed by atoms with Gasteiger partial charge in [0.15, 0.2) is 11.5 Å². The van der Waals surface area contributed by atoms with Crippen molar-refractivity contribution < 1.29 is 14.3 Å². The van der Waals surface area contributed by atoms with Gasteiger partial charge in [-0.05, 0) is 77.6 Å². The maximum Gasteiger partial charge on any atom is 0.266 e. The van der Waals surface area contributed by atoms with Crippen LogP contribution in [0.1, 0.15) is 18.1 Å². The van der Waals surface area contributed by atoms with Crippen molar-refractivity contribution in [1.82, 2.24) is 0 Å². The monoisotopic (exact) mass is 636 g/mol. The summed E-state index contributed by atoms with van der Waals surface area (Å²) in [7, 11) is 0. The number of nitrogens with zero attached hydrogens (tertiary/aromatic N) is 1. The van der Waals surface area contributed by atoms with E-state index in [9.17, 15) is 10.1 Å². The van der Waals surface area contributed by atoms with Crippen molar-refractivity contribution in [1.29, 1.82) is 5.26 Å². The second-order valence-corrected chi connectivity index (χ2v) is 9.26. The molecule has 33 heavy (non-hydrogen) atoms. The zero-order valence-electron chi connectivity index (χ0n) is 17.6. The molecule has 0 unspecified atom stereocenters. The van der Waals surface area contributed by atoms with Gasteiger partial charge in [0.25, 0.3) is 5.91 Å². The smallest absolute Gasteiger partial charge is 0.266 e. The van der Waals surface area contributed by atoms with Crippen LogP contribution in [0.15, 0.2) is 70.7 Å². The number of rotatable bonds is 8. The molecule has 5 nitrogen and oxygen atoms in total. The average Bonchev–Trinajstić information content (AvgIpc) is 2.78. The molecule has 0 aromatic heterocycles. The fourth-order valence-corrected chi connectivity index (χ4v) is 4.29. The van der Waals surface area contributed by atoms with Crippen LogP contribution in [0.5, 0.6) is 11.5 Å². The van der Waals surface area contributed by atoms with E-state index in [0.717, 1.165) is 13.6 Å². The molecule has 0 fully saturated rings. The van der Waals surface area contributed by atoms with Crippen LogP contribution in [-0.2, 0) is 11.4 Å². The Hall–Kier alpha value is -2.54. The molecule has 0 heterocycles. The van der Waals surface area contributed by atoms with Crippen molar-refractivity contribution in [3.8, 4) is 17.6 Å². The van der Waals surface area contributed by atoms with Gasteiger partial charge >= 0.3 is 0 Å². The minimum absolute atomic E-state index is 0.0297. The third-order valence-corrected chi connectivity index (χ3v) is 6.08. The normalized spacial score (nSPS) is 10.9. The summed E-state index contributed by atoms with van der Waals surface area (Å²) in [4.78, 5) is 12.6. The summed E-state index contributed by atoms with van der Waals surface area (Å²) < 4.78 is 13.4. The predicted octanol–water partition coefficient (Wildman–Crippen LogP) is 7.23. The van der Waals surface area contributed by atoms with Crippen LogP contribution >= 0.6 is 50.1 Å². The van der Waals surface area contributed by atoms with Crippen molar-refractivity contribution in [3.05, 3.63) is 90.4 Å². The van der Waals surface area contributed by atoms with Crippen LogP contribution in [0.2, 0.25) is 5.02 Å². The van der Waals surface area contributed by atoms with Crippen molar-refractivity contribution in [2.45, 2.75) is 13.5 Å². The number of hydrogen-bond donors (Lipinski definition) is 1. The van der Waals surface area contributed by atoms with Crippen LogP contribution in [0.25, 0.3) is 6.08 Å². The van der Waals surface area contributed by atoms with E-state index in [1.54, 1.807) is 24.3 Å². The number of halogens is 3. The Labute approximate surface area is 219 Å². The maximum absolute atomic E-state index is 12.6. The standard InChI is InChI=1S/C25H19BrClIN2O3/c1-2-32-23-12-16(10-18(14-29)25(31)30-20-8-5-7-19(26)13-20)11-22(28)24(23)33-15-17-6-3-4-9-21(17)27/h3-13H,2,15H2,1H3,(H,30,31)/b18-10-. The van der Waals surface area contributed by atoms with E-state index in [0.29, 0.717) is 34.4 Å². The molecular formula is C25H19BrClIN2O3. The topological polar surface area (TPSA) is 71.3 Å². The second-order valence-electron chi connectivity index (χ2n) is 6.78. The number of amides is 1. The van der Waals surface area contributed by atoms with Gasteiger partial charge in [-0.15, -0.1) is 0 Å². The summed E-state index contributed by atoms with van der Waals surface area (Å²) in [5.41, 5.74) is 2.06. The Morgan fingerprint density at radius 2 is 1.97 bits per heavy atom. The summed E-state index contributed by atoms with van der Waals surface area (Å²) in [6.07, 6.45) is 1.52. The molecule has 1 N–H and O–H groups in total. The van der Waals surface area contributed by atoms with Gasteiger partial charge in [0, 0.05) is 20.7 Å². The highest BCUT2D eigenvalue weighted by Gasteiger charge is 2.15. The molecule has 3 rings (SSSR count). The zero-order valence-corrected chi connectivity index (χ0v) is 22.1. The van der Waals surface area contributed by atoms with Gasteiger partial charge < -0.3 is 14.8 Å². The molecule has 0 aliphatic rings. The van der Waals surface area contributed by atoms with Crippen LogP contribution < -0.4 is 14.8 Å². The number of anilines is 1. The van der Waals surface area contributed by atoms with Gasteiger partial charge in [-0.25, -0.2) is 0 Å². The van der Waals surface area contributed by atoms with Crippen LogP contribution in [0.3, 0.4) is 0 Å². The van der Waals surface area contributed by atoms with Crippen LogP contribution in [0, 0.1) is 14.9 Å². The van der Waals surface area contributed by atoms with Crippen molar-refractivity contribution in [2.24, 2.45) is 0 Å². The lowest BCUT2D eigenvalue weighted by Crippen LogP contribution is -2.13. The van der Waals surface area contributed by atoms with Gasteiger partial charge in [0.05, 0.1) is 10.2 Å². The van der Waals surface area contributed by atoms with Gasteiger partial charge in [0.1, 0.15) is 18.2 Å². The first kappa shape index (κ1) is 25.1. The first-order chi connectivity index (χ1) is 15.9. The lowest BCUT2D eigenvalue weighted by molar-refractivity contribution is -0.112. The third kappa shape index (κ3) is 6.97. The molecule has 0 radical (unpaired) electrons. The number of carbonyl (C=O) groups is 1. The van der Waals surface area contributed by atoms with Gasteiger partial charge in [-0.1, -0.05) is 51.8 Å². The summed E-state index contributed by atoms with van der Waals surface area (Å²) in [5, 5.41) is 12.9. The zero-order chi connectivity index (χ0) is 23.8. The van der Waals surface area contributed by atoms with E-state index < -0.39 is 5.91 Å². The molecule has 0 saturated carbocycles. The Morgan fingerprint density at radius 3 is 2.67 bits per heavy atom. The second kappa shape index (κ2) is 12.1. The molecule has 0 saturated heterocycles. The number of carbonyl (C=O) groups excluding carboxylic acids is 1. The molecule has 0 atom stereocenters. The first-order valence-electron chi connectivity index (χ1n) is 9.92. The fraction of sp³-hybridized carbons (Fsp3) is 0.120. The van der Waals surface area contributed by atoms with E-state index in [-0.39, 0.29) is 12.2 Å². The molecule has 0 bridgehead atoms. The Balaban J connectivity index is 1.86. The molecule has 1 amide bonds. The van der Waals surface area contributed by atoms with E-state index in [1.807, 2.05) is 49.4 Å². The molecule has 3 aromatic rings. The fourth-order valence-electron chi connectivity index (χ4n) is 2.92. The molecule has 3 aromatic carbocycles. The molecular weight excluding hydrogens is 619 g/mol. The molecule has 168 valence electrons. The van der Waals surface area contributed by atoms with E-state index in [1.165, 1.54) is 6.08 Å². The Kier molecular flexibility index (Phi) is 9.18. The molecule has 0 aliphatic heterocycles. The van der Waals surface area contributed by atoms with Gasteiger partial charge in [-0.3, -0.25) is 4.79 Å². The average molecular weight is 638 g/mol. The van der Waals surface area contributed by atoms with Gasteiger partial charge in [-0.2, -0.15) is 5.26 Å². The van der Waals surface area contributed by atoms with Gasteiger partial charge in [0.2, 0.25) is 0 Å².